The molecule has 3 rings (SSSR count). The molecule has 0 aliphatic carbocycles. The summed E-state index contributed by atoms with van der Waals surface area (Å²) < 4.78 is 19.1. The smallest absolute Gasteiger partial charge is 0.305 e. The number of carbonyl (C=O) groups excluding carboxylic acids is 1. The summed E-state index contributed by atoms with van der Waals surface area (Å²) in [5, 5.41) is 0.680. The van der Waals surface area contributed by atoms with Gasteiger partial charge in [0.1, 0.15) is 22.8 Å². The van der Waals surface area contributed by atoms with Crippen LogP contribution in [0.5, 0.6) is 11.5 Å². The van der Waals surface area contributed by atoms with Crippen molar-refractivity contribution in [3.8, 4) is 11.5 Å². The molecule has 0 N–H and O–H groups in total. The quantitative estimate of drug-likeness (QED) is 0.164. The highest BCUT2D eigenvalue weighted by Gasteiger charge is 2.15. The van der Waals surface area contributed by atoms with Crippen LogP contribution in [0.15, 0.2) is 36.4 Å². The standard InChI is InChI=1S/C28H37ClN2O4/c1-4-6-9-17-34-23-16-15-22(24(29)19-23)20-31-21(3)30-25-12-11-13-26(28(25)31)35-18-10-7-8-14-27(32)33-5-2/h11-13,15-16,19H,4-10,14,17-18,20H2,1-3H3. The molecular formula is C28H37ClN2O4. The molecule has 0 bridgehead atoms. The first-order valence-corrected chi connectivity index (χ1v) is 13.1. The van der Waals surface area contributed by atoms with Crippen LogP contribution in [0.3, 0.4) is 0 Å². The fourth-order valence-electron chi connectivity index (χ4n) is 4.00. The SMILES string of the molecule is CCCCCOc1ccc(Cn2c(C)nc3cccc(OCCCCCC(=O)OCC)c32)c(Cl)c1. The number of aryl methyl sites for hydroxylation is 1. The zero-order valence-corrected chi connectivity index (χ0v) is 21.9. The molecule has 1 aromatic heterocycles. The number of imidazole rings is 1. The van der Waals surface area contributed by atoms with Crippen molar-refractivity contribution in [1.82, 2.24) is 9.55 Å². The minimum atomic E-state index is -0.132. The normalized spacial score (nSPS) is 11.1. The Balaban J connectivity index is 1.64. The number of hydrogen-bond acceptors (Lipinski definition) is 5. The molecule has 7 heteroatoms. The number of benzene rings is 2. The first kappa shape index (κ1) is 26.9. The van der Waals surface area contributed by atoms with Crippen LogP contribution < -0.4 is 9.47 Å². The van der Waals surface area contributed by atoms with Gasteiger partial charge < -0.3 is 18.8 Å². The van der Waals surface area contributed by atoms with Gasteiger partial charge in [-0.05, 0) is 69.4 Å². The van der Waals surface area contributed by atoms with E-state index in [-0.39, 0.29) is 5.97 Å². The van der Waals surface area contributed by atoms with Crippen LogP contribution in [-0.4, -0.2) is 35.3 Å². The molecule has 0 saturated heterocycles. The first-order chi connectivity index (χ1) is 17.0. The number of rotatable bonds is 15. The van der Waals surface area contributed by atoms with Crippen LogP contribution in [0.1, 0.15) is 70.2 Å². The fraction of sp³-hybridized carbons (Fsp3) is 0.500. The summed E-state index contributed by atoms with van der Waals surface area (Å²) in [5.41, 5.74) is 2.87. The Morgan fingerprint density at radius 3 is 2.57 bits per heavy atom. The largest absolute Gasteiger partial charge is 0.494 e. The van der Waals surface area contributed by atoms with Crippen LogP contribution >= 0.6 is 11.6 Å². The summed E-state index contributed by atoms with van der Waals surface area (Å²) in [6.07, 6.45) is 6.42. The van der Waals surface area contributed by atoms with E-state index in [4.69, 9.17) is 30.8 Å². The molecule has 0 aliphatic heterocycles. The van der Waals surface area contributed by atoms with Crippen molar-refractivity contribution >= 4 is 28.6 Å². The second-order valence-corrected chi connectivity index (χ2v) is 9.05. The van der Waals surface area contributed by atoms with Gasteiger partial charge in [-0.1, -0.05) is 43.5 Å². The van der Waals surface area contributed by atoms with E-state index in [9.17, 15) is 4.79 Å². The number of esters is 1. The molecule has 0 atom stereocenters. The average Bonchev–Trinajstić information content (AvgIpc) is 3.16. The third-order valence-electron chi connectivity index (χ3n) is 5.88. The van der Waals surface area contributed by atoms with E-state index < -0.39 is 0 Å². The van der Waals surface area contributed by atoms with Gasteiger partial charge in [0, 0.05) is 11.4 Å². The van der Waals surface area contributed by atoms with E-state index in [2.05, 4.69) is 11.5 Å². The molecule has 0 amide bonds. The molecule has 0 unspecified atom stereocenters. The molecule has 0 radical (unpaired) electrons. The van der Waals surface area contributed by atoms with Gasteiger partial charge in [-0.25, -0.2) is 4.98 Å². The Labute approximate surface area is 213 Å². The van der Waals surface area contributed by atoms with Gasteiger partial charge in [-0.15, -0.1) is 0 Å². The van der Waals surface area contributed by atoms with Crippen molar-refractivity contribution in [3.63, 3.8) is 0 Å². The van der Waals surface area contributed by atoms with E-state index in [1.807, 2.05) is 50.2 Å². The van der Waals surface area contributed by atoms with Gasteiger partial charge in [0.05, 0.1) is 31.9 Å². The van der Waals surface area contributed by atoms with Crippen molar-refractivity contribution < 1.29 is 19.0 Å². The summed E-state index contributed by atoms with van der Waals surface area (Å²) >= 11 is 6.63. The highest BCUT2D eigenvalue weighted by atomic mass is 35.5. The van der Waals surface area contributed by atoms with Gasteiger partial charge in [0.25, 0.3) is 0 Å². The number of aromatic nitrogens is 2. The van der Waals surface area contributed by atoms with E-state index in [0.717, 1.165) is 66.0 Å². The van der Waals surface area contributed by atoms with Crippen molar-refractivity contribution in [3.05, 3.63) is 52.8 Å². The number of halogens is 1. The fourth-order valence-corrected chi connectivity index (χ4v) is 4.23. The summed E-state index contributed by atoms with van der Waals surface area (Å²) in [5.74, 6) is 2.38. The minimum absolute atomic E-state index is 0.132. The molecule has 6 nitrogen and oxygen atoms in total. The van der Waals surface area contributed by atoms with Crippen LogP contribution in [0, 0.1) is 6.92 Å². The lowest BCUT2D eigenvalue weighted by Gasteiger charge is -2.14. The molecule has 35 heavy (non-hydrogen) atoms. The summed E-state index contributed by atoms with van der Waals surface area (Å²) in [4.78, 5) is 16.2. The van der Waals surface area contributed by atoms with Crippen molar-refractivity contribution in [2.24, 2.45) is 0 Å². The minimum Gasteiger partial charge on any atom is -0.494 e. The Hall–Kier alpha value is -2.73. The molecule has 0 saturated carbocycles. The molecule has 2 aromatic carbocycles. The van der Waals surface area contributed by atoms with Crippen molar-refractivity contribution in [1.29, 1.82) is 0 Å². The Kier molecular flexibility index (Phi) is 10.7. The first-order valence-electron chi connectivity index (χ1n) is 12.7. The summed E-state index contributed by atoms with van der Waals surface area (Å²) in [6, 6.07) is 11.8. The number of nitrogens with zero attached hydrogens (tertiary/aromatic N) is 2. The third-order valence-corrected chi connectivity index (χ3v) is 6.23. The zero-order valence-electron chi connectivity index (χ0n) is 21.1. The molecule has 0 fully saturated rings. The predicted octanol–water partition coefficient (Wildman–Crippen LogP) is 7.12. The van der Waals surface area contributed by atoms with Crippen LogP contribution in [0.2, 0.25) is 5.02 Å². The van der Waals surface area contributed by atoms with Crippen molar-refractivity contribution in [2.45, 2.75) is 72.3 Å². The number of hydrogen-bond donors (Lipinski definition) is 0. The van der Waals surface area contributed by atoms with E-state index in [0.29, 0.717) is 37.8 Å². The molecule has 3 aromatic rings. The lowest BCUT2D eigenvalue weighted by atomic mass is 10.2. The van der Waals surface area contributed by atoms with Gasteiger partial charge in [0.2, 0.25) is 0 Å². The van der Waals surface area contributed by atoms with Crippen LogP contribution in [-0.2, 0) is 16.1 Å². The Bertz CT molecular complexity index is 1100. The molecule has 1 heterocycles. The summed E-state index contributed by atoms with van der Waals surface area (Å²) in [6.45, 7) is 8.32. The zero-order chi connectivity index (χ0) is 25.0. The molecule has 0 spiro atoms. The van der Waals surface area contributed by atoms with Gasteiger partial charge in [-0.2, -0.15) is 0 Å². The number of carbonyl (C=O) groups is 1. The maximum Gasteiger partial charge on any atom is 0.305 e. The Morgan fingerprint density at radius 2 is 1.80 bits per heavy atom. The van der Waals surface area contributed by atoms with Crippen LogP contribution in [0.25, 0.3) is 11.0 Å². The monoisotopic (exact) mass is 500 g/mol. The number of unbranched alkanes of at least 4 members (excludes halogenated alkanes) is 4. The van der Waals surface area contributed by atoms with E-state index in [1.165, 1.54) is 6.42 Å². The second-order valence-electron chi connectivity index (χ2n) is 8.64. The maximum absolute atomic E-state index is 11.5. The third kappa shape index (κ3) is 7.89. The number of ether oxygens (including phenoxy) is 3. The number of para-hydroxylation sites is 1. The number of fused-ring (bicyclic) bond motifs is 1. The average molecular weight is 501 g/mol. The Morgan fingerprint density at radius 1 is 1.00 bits per heavy atom. The molecule has 190 valence electrons. The topological polar surface area (TPSA) is 62.6 Å². The molecular weight excluding hydrogens is 464 g/mol. The lowest BCUT2D eigenvalue weighted by molar-refractivity contribution is -0.143. The van der Waals surface area contributed by atoms with Gasteiger partial charge >= 0.3 is 5.97 Å². The lowest BCUT2D eigenvalue weighted by Crippen LogP contribution is -2.06. The summed E-state index contributed by atoms with van der Waals surface area (Å²) in [7, 11) is 0. The van der Waals surface area contributed by atoms with E-state index in [1.54, 1.807) is 0 Å². The second kappa shape index (κ2) is 14.0. The van der Waals surface area contributed by atoms with E-state index >= 15 is 0 Å². The highest BCUT2D eigenvalue weighted by molar-refractivity contribution is 6.31. The van der Waals surface area contributed by atoms with Crippen molar-refractivity contribution in [2.75, 3.05) is 19.8 Å². The molecule has 0 aliphatic rings. The van der Waals surface area contributed by atoms with Gasteiger partial charge in [-0.3, -0.25) is 4.79 Å². The highest BCUT2D eigenvalue weighted by Crippen LogP contribution is 2.30. The predicted molar refractivity (Wildman–Crippen MR) is 141 cm³/mol. The van der Waals surface area contributed by atoms with Gasteiger partial charge in [0.15, 0.2) is 0 Å². The maximum atomic E-state index is 11.5. The van der Waals surface area contributed by atoms with Crippen LogP contribution in [0.4, 0.5) is 0 Å².